The molecule has 1 N–H and O–H groups in total. The van der Waals surface area contributed by atoms with Crippen LogP contribution in [0, 0.1) is 0 Å². The zero-order valence-electron chi connectivity index (χ0n) is 10.1. The molecule has 3 heteroatoms. The van der Waals surface area contributed by atoms with Crippen LogP contribution in [0.5, 0.6) is 0 Å². The Kier molecular flexibility index (Phi) is 4.14. The molecule has 0 aromatic rings. The summed E-state index contributed by atoms with van der Waals surface area (Å²) in [6, 6.07) is 0.384. The van der Waals surface area contributed by atoms with E-state index in [1.165, 1.54) is 0 Å². The molecule has 88 valence electrons. The molecule has 3 nitrogen and oxygen atoms in total. The molecule has 0 aliphatic carbocycles. The smallest absolute Gasteiger partial charge is 0.324 e. The second-order valence-electron chi connectivity index (χ2n) is 4.64. The minimum Gasteiger partial charge on any atom is -0.480 e. The number of likely N-dealkylation sites (tertiary alicyclic amines) is 1. The molecule has 1 saturated heterocycles. The van der Waals surface area contributed by atoms with Crippen molar-refractivity contribution < 1.29 is 9.90 Å². The van der Waals surface area contributed by atoms with Crippen molar-refractivity contribution in [2.75, 3.05) is 6.54 Å². The number of hydrogen-bond donors (Lipinski definition) is 1. The molecule has 0 radical (unpaired) electrons. The summed E-state index contributed by atoms with van der Waals surface area (Å²) in [6.45, 7) is 7.28. The molecule has 0 spiro atoms. The molecule has 15 heavy (non-hydrogen) atoms. The van der Waals surface area contributed by atoms with Crippen LogP contribution in [-0.2, 0) is 4.79 Å². The van der Waals surface area contributed by atoms with Crippen molar-refractivity contribution in [2.45, 2.75) is 64.5 Å². The van der Waals surface area contributed by atoms with Gasteiger partial charge in [0.15, 0.2) is 0 Å². The number of carboxylic acid groups (broad SMARTS) is 1. The predicted molar refractivity (Wildman–Crippen MR) is 61.0 cm³/mol. The van der Waals surface area contributed by atoms with Gasteiger partial charge < -0.3 is 5.11 Å². The fourth-order valence-electron chi connectivity index (χ4n) is 2.78. The SMILES string of the molecule is CCCC1(C(=O)O)CCCN1C(C)CC. The van der Waals surface area contributed by atoms with E-state index in [1.807, 2.05) is 0 Å². The Morgan fingerprint density at radius 3 is 2.67 bits per heavy atom. The first-order valence-corrected chi connectivity index (χ1v) is 6.08. The highest BCUT2D eigenvalue weighted by Crippen LogP contribution is 2.36. The van der Waals surface area contributed by atoms with Gasteiger partial charge in [0.1, 0.15) is 5.54 Å². The van der Waals surface area contributed by atoms with Crippen LogP contribution in [0.3, 0.4) is 0 Å². The molecular formula is C12H23NO2. The fraction of sp³-hybridized carbons (Fsp3) is 0.917. The number of carboxylic acids is 1. The van der Waals surface area contributed by atoms with E-state index in [2.05, 4.69) is 25.7 Å². The van der Waals surface area contributed by atoms with E-state index in [-0.39, 0.29) is 0 Å². The molecule has 2 unspecified atom stereocenters. The van der Waals surface area contributed by atoms with Gasteiger partial charge in [-0.05, 0) is 39.2 Å². The second kappa shape index (κ2) is 4.97. The molecular weight excluding hydrogens is 190 g/mol. The van der Waals surface area contributed by atoms with Gasteiger partial charge in [-0.2, -0.15) is 0 Å². The highest BCUT2D eigenvalue weighted by atomic mass is 16.4. The van der Waals surface area contributed by atoms with Gasteiger partial charge in [-0.3, -0.25) is 9.69 Å². The Morgan fingerprint density at radius 2 is 2.20 bits per heavy atom. The van der Waals surface area contributed by atoms with Gasteiger partial charge in [0.25, 0.3) is 0 Å². The number of hydrogen-bond acceptors (Lipinski definition) is 2. The van der Waals surface area contributed by atoms with Gasteiger partial charge >= 0.3 is 5.97 Å². The summed E-state index contributed by atoms with van der Waals surface area (Å²) < 4.78 is 0. The third-order valence-electron chi connectivity index (χ3n) is 3.72. The highest BCUT2D eigenvalue weighted by molar-refractivity contribution is 5.79. The summed E-state index contributed by atoms with van der Waals surface area (Å²) in [5, 5.41) is 9.47. The van der Waals surface area contributed by atoms with Crippen molar-refractivity contribution >= 4 is 5.97 Å². The molecule has 2 atom stereocenters. The third kappa shape index (κ3) is 2.17. The molecule has 1 rings (SSSR count). The molecule has 0 aromatic carbocycles. The number of nitrogens with zero attached hydrogens (tertiary/aromatic N) is 1. The summed E-state index contributed by atoms with van der Waals surface area (Å²) in [5.41, 5.74) is -0.565. The fourth-order valence-corrected chi connectivity index (χ4v) is 2.78. The Balaban J connectivity index is 2.89. The van der Waals surface area contributed by atoms with E-state index >= 15 is 0 Å². The van der Waals surface area contributed by atoms with Crippen LogP contribution < -0.4 is 0 Å². The third-order valence-corrected chi connectivity index (χ3v) is 3.72. The Hall–Kier alpha value is -0.570. The minimum absolute atomic E-state index is 0.384. The van der Waals surface area contributed by atoms with Crippen molar-refractivity contribution in [3.8, 4) is 0 Å². The summed E-state index contributed by atoms with van der Waals surface area (Å²) in [4.78, 5) is 13.7. The van der Waals surface area contributed by atoms with Gasteiger partial charge in [0.2, 0.25) is 0 Å². The molecule has 1 fully saturated rings. The normalized spacial score (nSPS) is 29.3. The molecule has 1 aliphatic rings. The molecule has 0 aromatic heterocycles. The summed E-state index contributed by atoms with van der Waals surface area (Å²) >= 11 is 0. The standard InChI is InChI=1S/C12H23NO2/c1-4-7-12(11(14)15)8-6-9-13(12)10(3)5-2/h10H,4-9H2,1-3H3,(H,14,15). The lowest BCUT2D eigenvalue weighted by atomic mass is 9.89. The maximum absolute atomic E-state index is 11.5. The second-order valence-corrected chi connectivity index (χ2v) is 4.64. The van der Waals surface area contributed by atoms with Crippen molar-refractivity contribution in [3.05, 3.63) is 0 Å². The van der Waals surface area contributed by atoms with Crippen molar-refractivity contribution in [1.29, 1.82) is 0 Å². The summed E-state index contributed by atoms with van der Waals surface area (Å²) in [5.74, 6) is -0.623. The van der Waals surface area contributed by atoms with E-state index in [9.17, 15) is 9.90 Å². The largest absolute Gasteiger partial charge is 0.480 e. The van der Waals surface area contributed by atoms with Crippen molar-refractivity contribution in [3.63, 3.8) is 0 Å². The van der Waals surface area contributed by atoms with E-state index in [1.54, 1.807) is 0 Å². The lowest BCUT2D eigenvalue weighted by Crippen LogP contribution is -2.53. The average Bonchev–Trinajstić information content (AvgIpc) is 2.62. The van der Waals surface area contributed by atoms with Crippen LogP contribution in [0.2, 0.25) is 0 Å². The maximum Gasteiger partial charge on any atom is 0.324 e. The number of carbonyl (C=O) groups is 1. The topological polar surface area (TPSA) is 40.5 Å². The van der Waals surface area contributed by atoms with Crippen molar-refractivity contribution in [1.82, 2.24) is 4.90 Å². The number of rotatable bonds is 5. The maximum atomic E-state index is 11.5. The monoisotopic (exact) mass is 213 g/mol. The summed E-state index contributed by atoms with van der Waals surface area (Å²) in [6.07, 6.45) is 4.60. The van der Waals surface area contributed by atoms with Gasteiger partial charge in [0.05, 0.1) is 0 Å². The predicted octanol–water partition coefficient (Wildman–Crippen LogP) is 2.50. The molecule has 1 heterocycles. The van der Waals surface area contributed by atoms with Crippen LogP contribution in [-0.4, -0.2) is 34.1 Å². The first-order chi connectivity index (χ1) is 7.08. The van der Waals surface area contributed by atoms with Crippen LogP contribution in [0.15, 0.2) is 0 Å². The van der Waals surface area contributed by atoms with Crippen LogP contribution in [0.1, 0.15) is 52.9 Å². The van der Waals surface area contributed by atoms with Crippen LogP contribution in [0.4, 0.5) is 0 Å². The van der Waals surface area contributed by atoms with E-state index in [4.69, 9.17) is 0 Å². The van der Waals surface area contributed by atoms with Crippen LogP contribution >= 0.6 is 0 Å². The Labute approximate surface area is 92.5 Å². The molecule has 0 amide bonds. The van der Waals surface area contributed by atoms with Gasteiger partial charge in [-0.25, -0.2) is 0 Å². The minimum atomic E-state index is -0.623. The van der Waals surface area contributed by atoms with E-state index in [0.717, 1.165) is 38.6 Å². The zero-order valence-corrected chi connectivity index (χ0v) is 10.1. The highest BCUT2D eigenvalue weighted by Gasteiger charge is 2.47. The van der Waals surface area contributed by atoms with Crippen LogP contribution in [0.25, 0.3) is 0 Å². The van der Waals surface area contributed by atoms with Gasteiger partial charge in [-0.1, -0.05) is 20.3 Å². The molecule has 0 saturated carbocycles. The Morgan fingerprint density at radius 1 is 1.53 bits per heavy atom. The lowest BCUT2D eigenvalue weighted by Gasteiger charge is -2.38. The average molecular weight is 213 g/mol. The summed E-state index contributed by atoms with van der Waals surface area (Å²) in [7, 11) is 0. The Bertz CT molecular complexity index is 230. The van der Waals surface area contributed by atoms with Gasteiger partial charge in [0, 0.05) is 6.04 Å². The first kappa shape index (κ1) is 12.5. The quantitative estimate of drug-likeness (QED) is 0.763. The van der Waals surface area contributed by atoms with Crippen molar-refractivity contribution in [2.24, 2.45) is 0 Å². The first-order valence-electron chi connectivity index (χ1n) is 6.08. The molecule has 1 aliphatic heterocycles. The van der Waals surface area contributed by atoms with E-state index < -0.39 is 11.5 Å². The zero-order chi connectivity index (χ0) is 11.5. The molecule has 0 bridgehead atoms. The van der Waals surface area contributed by atoms with Gasteiger partial charge in [-0.15, -0.1) is 0 Å². The van der Waals surface area contributed by atoms with E-state index in [0.29, 0.717) is 6.04 Å². The lowest BCUT2D eigenvalue weighted by molar-refractivity contribution is -0.151. The number of aliphatic carboxylic acids is 1.